The van der Waals surface area contributed by atoms with Crippen molar-refractivity contribution in [2.24, 2.45) is 11.8 Å². The molecule has 0 aromatic heterocycles. The molecule has 0 aromatic rings. The topological polar surface area (TPSA) is 82.1 Å². The molecule has 0 saturated heterocycles. The Bertz CT molecular complexity index is 943. The largest absolute Gasteiger partial charge is 0.462 e. The van der Waals surface area contributed by atoms with Gasteiger partial charge in [-0.2, -0.15) is 0 Å². The number of unbranched alkanes of at least 4 members (excludes halogenated alkanes) is 16. The van der Waals surface area contributed by atoms with Gasteiger partial charge in [0.2, 0.25) is 0 Å². The van der Waals surface area contributed by atoms with Gasteiger partial charge in [0.15, 0.2) is 0 Å². The Morgan fingerprint density at radius 3 is 1.13 bits per heavy atom. The van der Waals surface area contributed by atoms with Gasteiger partial charge in [0.1, 0.15) is 19.3 Å². The Hall–Kier alpha value is -2.15. The Morgan fingerprint density at radius 1 is 0.417 bits per heavy atom. The van der Waals surface area contributed by atoms with Crippen LogP contribution in [0.15, 0.2) is 24.3 Å². The van der Waals surface area contributed by atoms with Crippen LogP contribution < -0.4 is 0 Å². The lowest BCUT2D eigenvalue weighted by atomic mass is 9.93. The Balaban J connectivity index is 4.18. The van der Waals surface area contributed by atoms with E-state index in [9.17, 15) is 14.4 Å². The Kier molecular flexibility index (Phi) is 43.3. The van der Waals surface area contributed by atoms with Crippen LogP contribution in [0.3, 0.4) is 0 Å². The fourth-order valence-corrected chi connectivity index (χ4v) is 7.97. The molecule has 0 aliphatic rings. The number of carbonyl (C=O) groups excluding carboxylic acids is 3. The number of allylic oxidation sites excluding steroid dienone is 2. The number of hydrogen-bond donors (Lipinski definition) is 0. The SMILES string of the molecule is CCCCC(CC=CCOC(=O)CCCCCCCCCC(CCCCCCCCCC(=O)OCC=CCC(CCCC)CCCC)OC(=O)CCCN(C)C)CCCC. The molecule has 0 amide bonds. The summed E-state index contributed by atoms with van der Waals surface area (Å²) in [7, 11) is 4.07. The van der Waals surface area contributed by atoms with Gasteiger partial charge in [-0.05, 0) is 90.3 Å². The highest BCUT2D eigenvalue weighted by Gasteiger charge is 2.15. The van der Waals surface area contributed by atoms with E-state index in [1.807, 2.05) is 26.2 Å². The van der Waals surface area contributed by atoms with E-state index in [2.05, 4.69) is 44.7 Å². The van der Waals surface area contributed by atoms with Crippen molar-refractivity contribution in [3.63, 3.8) is 0 Å². The van der Waals surface area contributed by atoms with E-state index in [4.69, 9.17) is 14.2 Å². The van der Waals surface area contributed by atoms with Gasteiger partial charge in [0.05, 0.1) is 0 Å². The molecule has 0 saturated carbocycles. The van der Waals surface area contributed by atoms with E-state index >= 15 is 0 Å². The maximum atomic E-state index is 12.6. The molecule has 0 spiro atoms. The molecule has 0 heterocycles. The van der Waals surface area contributed by atoms with Crippen molar-refractivity contribution in [3.8, 4) is 0 Å². The van der Waals surface area contributed by atoms with Crippen LogP contribution in [-0.4, -0.2) is 62.8 Å². The average molecular weight is 846 g/mol. The van der Waals surface area contributed by atoms with E-state index in [0.29, 0.717) is 32.5 Å². The van der Waals surface area contributed by atoms with Gasteiger partial charge in [-0.3, -0.25) is 14.4 Å². The van der Waals surface area contributed by atoms with Crippen molar-refractivity contribution >= 4 is 17.9 Å². The number of ether oxygens (including phenoxy) is 3. The van der Waals surface area contributed by atoms with Crippen molar-refractivity contribution in [2.45, 2.75) is 252 Å². The predicted molar refractivity (Wildman–Crippen MR) is 255 cm³/mol. The van der Waals surface area contributed by atoms with Crippen LogP contribution in [0.4, 0.5) is 0 Å². The van der Waals surface area contributed by atoms with Crippen LogP contribution in [0.25, 0.3) is 0 Å². The van der Waals surface area contributed by atoms with Gasteiger partial charge in [0, 0.05) is 19.3 Å². The summed E-state index contributed by atoms with van der Waals surface area (Å²) in [5, 5.41) is 0. The van der Waals surface area contributed by atoms with Gasteiger partial charge in [-0.25, -0.2) is 0 Å². The molecule has 7 nitrogen and oxygen atoms in total. The molecular weight excluding hydrogens is 747 g/mol. The highest BCUT2D eigenvalue weighted by atomic mass is 16.5. The highest BCUT2D eigenvalue weighted by molar-refractivity contribution is 5.70. The highest BCUT2D eigenvalue weighted by Crippen LogP contribution is 2.22. The molecule has 0 rings (SSSR count). The first-order chi connectivity index (χ1) is 29.2. The second kappa shape index (κ2) is 44.9. The summed E-state index contributed by atoms with van der Waals surface area (Å²) in [6.07, 6.45) is 45.8. The number of carbonyl (C=O) groups is 3. The number of hydrogen-bond acceptors (Lipinski definition) is 7. The van der Waals surface area contributed by atoms with Crippen LogP contribution in [-0.2, 0) is 28.6 Å². The number of nitrogens with zero attached hydrogens (tertiary/aromatic N) is 1. The maximum Gasteiger partial charge on any atom is 0.306 e. The minimum atomic E-state index is -0.0766. The number of rotatable bonds is 45. The van der Waals surface area contributed by atoms with Crippen LogP contribution in [0.2, 0.25) is 0 Å². The van der Waals surface area contributed by atoms with Crippen molar-refractivity contribution in [1.29, 1.82) is 0 Å². The molecule has 0 aliphatic carbocycles. The van der Waals surface area contributed by atoms with E-state index in [0.717, 1.165) is 115 Å². The molecule has 7 heteroatoms. The maximum absolute atomic E-state index is 12.6. The molecule has 352 valence electrons. The van der Waals surface area contributed by atoms with Gasteiger partial charge in [0.25, 0.3) is 0 Å². The molecule has 0 N–H and O–H groups in total. The van der Waals surface area contributed by atoms with Gasteiger partial charge in [-0.1, -0.05) is 193 Å². The third-order valence-electron chi connectivity index (χ3n) is 11.9. The van der Waals surface area contributed by atoms with E-state index < -0.39 is 0 Å². The minimum absolute atomic E-state index is 0.0191. The van der Waals surface area contributed by atoms with E-state index in [1.165, 1.54) is 103 Å². The monoisotopic (exact) mass is 846 g/mol. The normalized spacial score (nSPS) is 12.4. The fraction of sp³-hybridized carbons (Fsp3) is 0.868. The zero-order valence-corrected chi connectivity index (χ0v) is 40.6. The van der Waals surface area contributed by atoms with Gasteiger partial charge >= 0.3 is 17.9 Å². The summed E-state index contributed by atoms with van der Waals surface area (Å²) < 4.78 is 16.9. The lowest BCUT2D eigenvalue weighted by Gasteiger charge is -2.18. The smallest absolute Gasteiger partial charge is 0.306 e. The molecule has 0 radical (unpaired) electrons. The standard InChI is InChI=1S/C53H99NO6/c1-7-11-34-48(35-12-8-2)38-29-31-46-58-51(55)42-27-23-19-15-17-21-25-40-50(60-53(57)44-33-45-54(5)6)41-26-22-18-16-20-24-28-43-52(56)59-47-32-30-39-49(36-13-9-3)37-14-10-4/h29-32,48-50H,7-28,33-47H2,1-6H3. The van der Waals surface area contributed by atoms with Crippen LogP contribution in [0, 0.1) is 11.8 Å². The summed E-state index contributed by atoms with van der Waals surface area (Å²) in [6, 6.07) is 0. The van der Waals surface area contributed by atoms with Crippen LogP contribution in [0.5, 0.6) is 0 Å². The first kappa shape index (κ1) is 57.9. The lowest BCUT2D eigenvalue weighted by Crippen LogP contribution is -2.20. The van der Waals surface area contributed by atoms with Crippen molar-refractivity contribution in [1.82, 2.24) is 4.90 Å². The van der Waals surface area contributed by atoms with E-state index in [1.54, 1.807) is 0 Å². The number of esters is 3. The molecule has 0 aromatic carbocycles. The van der Waals surface area contributed by atoms with Crippen molar-refractivity contribution in [2.75, 3.05) is 33.9 Å². The molecule has 0 unspecified atom stereocenters. The zero-order chi connectivity index (χ0) is 44.2. The fourth-order valence-electron chi connectivity index (χ4n) is 7.97. The third kappa shape index (κ3) is 41.2. The molecule has 0 fully saturated rings. The minimum Gasteiger partial charge on any atom is -0.462 e. The molecule has 60 heavy (non-hydrogen) atoms. The molecular formula is C53H99NO6. The summed E-state index contributed by atoms with van der Waals surface area (Å²) in [4.78, 5) is 39.1. The summed E-state index contributed by atoms with van der Waals surface area (Å²) in [5.41, 5.74) is 0. The van der Waals surface area contributed by atoms with Crippen LogP contribution >= 0.6 is 0 Å². The zero-order valence-electron chi connectivity index (χ0n) is 40.6. The second-order valence-electron chi connectivity index (χ2n) is 18.1. The average Bonchev–Trinajstić information content (AvgIpc) is 3.23. The van der Waals surface area contributed by atoms with Gasteiger partial charge < -0.3 is 19.1 Å². The van der Waals surface area contributed by atoms with Crippen molar-refractivity contribution < 1.29 is 28.6 Å². The molecule has 0 atom stereocenters. The molecule has 0 bridgehead atoms. The van der Waals surface area contributed by atoms with Crippen LogP contribution in [0.1, 0.15) is 246 Å². The quantitative estimate of drug-likeness (QED) is 0.0261. The molecule has 0 aliphatic heterocycles. The summed E-state index contributed by atoms with van der Waals surface area (Å²) >= 11 is 0. The van der Waals surface area contributed by atoms with Crippen molar-refractivity contribution in [3.05, 3.63) is 24.3 Å². The van der Waals surface area contributed by atoms with Gasteiger partial charge in [-0.15, -0.1) is 0 Å². The third-order valence-corrected chi connectivity index (χ3v) is 11.9. The lowest BCUT2D eigenvalue weighted by molar-refractivity contribution is -0.150. The Labute approximate surface area is 372 Å². The second-order valence-corrected chi connectivity index (χ2v) is 18.1. The van der Waals surface area contributed by atoms with E-state index in [-0.39, 0.29) is 24.0 Å². The summed E-state index contributed by atoms with van der Waals surface area (Å²) in [5.74, 6) is 1.32. The summed E-state index contributed by atoms with van der Waals surface area (Å²) in [6.45, 7) is 10.7. The predicted octanol–water partition coefficient (Wildman–Crippen LogP) is 15.2. The first-order valence-electron chi connectivity index (χ1n) is 25.7. The Morgan fingerprint density at radius 2 is 0.767 bits per heavy atom. The first-order valence-corrected chi connectivity index (χ1v) is 25.7.